The molecular formula is C13H15N3. The highest BCUT2D eigenvalue weighted by Gasteiger charge is 2.13. The molecule has 3 nitrogen and oxygen atoms in total. The van der Waals surface area contributed by atoms with E-state index in [0.717, 1.165) is 11.3 Å². The molecule has 4 N–H and O–H groups in total. The molecule has 0 saturated heterocycles. The van der Waals surface area contributed by atoms with E-state index in [1.165, 1.54) is 0 Å². The molecular weight excluding hydrogens is 198 g/mol. The molecule has 2 rings (SSSR count). The number of nitrogens with zero attached hydrogens (tertiary/aromatic N) is 1. The number of para-hydroxylation sites is 1. The average molecular weight is 213 g/mol. The molecule has 0 saturated carbocycles. The number of hydrogen-bond acceptors (Lipinski definition) is 3. The largest absolute Gasteiger partial charge is 0.397 e. The summed E-state index contributed by atoms with van der Waals surface area (Å²) in [4.78, 5) is 4.33. The van der Waals surface area contributed by atoms with Gasteiger partial charge in [-0.15, -0.1) is 0 Å². The van der Waals surface area contributed by atoms with Crippen LogP contribution in [-0.4, -0.2) is 4.98 Å². The minimum absolute atomic E-state index is 0.157. The van der Waals surface area contributed by atoms with Crippen LogP contribution in [0.3, 0.4) is 0 Å². The van der Waals surface area contributed by atoms with E-state index in [9.17, 15) is 0 Å². The lowest BCUT2D eigenvalue weighted by atomic mass is 9.95. The molecule has 3 heteroatoms. The maximum absolute atomic E-state index is 5.97. The number of nitrogen functional groups attached to an aromatic ring is 2. The van der Waals surface area contributed by atoms with Gasteiger partial charge >= 0.3 is 0 Å². The molecule has 0 spiro atoms. The molecule has 0 amide bonds. The van der Waals surface area contributed by atoms with Gasteiger partial charge in [-0.3, -0.25) is 4.98 Å². The van der Waals surface area contributed by atoms with E-state index in [-0.39, 0.29) is 5.92 Å². The first kappa shape index (κ1) is 10.5. The van der Waals surface area contributed by atoms with Crippen molar-refractivity contribution in [1.29, 1.82) is 0 Å². The SMILES string of the molecule is CC(c1ccccn1)c1cccc(N)c1N. The van der Waals surface area contributed by atoms with Gasteiger partial charge in [-0.1, -0.05) is 25.1 Å². The molecule has 1 aromatic carbocycles. The smallest absolute Gasteiger partial charge is 0.0587 e. The van der Waals surface area contributed by atoms with Gasteiger partial charge in [0.05, 0.1) is 11.4 Å². The highest BCUT2D eigenvalue weighted by molar-refractivity contribution is 5.68. The Morgan fingerprint density at radius 3 is 2.56 bits per heavy atom. The van der Waals surface area contributed by atoms with Crippen LogP contribution in [0, 0.1) is 0 Å². The summed E-state index contributed by atoms with van der Waals surface area (Å²) in [6.07, 6.45) is 1.79. The Labute approximate surface area is 95.1 Å². The Morgan fingerprint density at radius 2 is 1.88 bits per heavy atom. The van der Waals surface area contributed by atoms with Crippen molar-refractivity contribution < 1.29 is 0 Å². The zero-order valence-electron chi connectivity index (χ0n) is 9.22. The van der Waals surface area contributed by atoms with Gasteiger partial charge in [-0.25, -0.2) is 0 Å². The molecule has 16 heavy (non-hydrogen) atoms. The van der Waals surface area contributed by atoms with Gasteiger partial charge in [0.15, 0.2) is 0 Å². The third kappa shape index (κ3) is 1.84. The number of benzene rings is 1. The first-order chi connectivity index (χ1) is 7.70. The summed E-state index contributed by atoms with van der Waals surface area (Å²) in [7, 11) is 0. The van der Waals surface area contributed by atoms with Crippen molar-refractivity contribution in [2.24, 2.45) is 0 Å². The highest BCUT2D eigenvalue weighted by Crippen LogP contribution is 2.30. The van der Waals surface area contributed by atoms with Crippen LogP contribution < -0.4 is 11.5 Å². The summed E-state index contributed by atoms with van der Waals surface area (Å²) >= 11 is 0. The maximum Gasteiger partial charge on any atom is 0.0587 e. The Balaban J connectivity index is 2.42. The number of aromatic nitrogens is 1. The van der Waals surface area contributed by atoms with Crippen LogP contribution in [0.5, 0.6) is 0 Å². The summed E-state index contributed by atoms with van der Waals surface area (Å²) in [6.45, 7) is 2.08. The zero-order chi connectivity index (χ0) is 11.5. The second-order valence-electron chi connectivity index (χ2n) is 3.83. The van der Waals surface area contributed by atoms with E-state index < -0.39 is 0 Å². The van der Waals surface area contributed by atoms with Gasteiger partial charge in [0.1, 0.15) is 0 Å². The van der Waals surface area contributed by atoms with Crippen molar-refractivity contribution >= 4 is 11.4 Å². The molecule has 0 aliphatic rings. The molecule has 1 unspecified atom stereocenters. The van der Waals surface area contributed by atoms with E-state index in [0.29, 0.717) is 11.4 Å². The van der Waals surface area contributed by atoms with Gasteiger partial charge < -0.3 is 11.5 Å². The Bertz CT molecular complexity index is 480. The molecule has 1 aromatic heterocycles. The summed E-state index contributed by atoms with van der Waals surface area (Å²) in [5.74, 6) is 0.157. The van der Waals surface area contributed by atoms with Crippen LogP contribution in [0.2, 0.25) is 0 Å². The van der Waals surface area contributed by atoms with Crippen molar-refractivity contribution in [2.75, 3.05) is 11.5 Å². The lowest BCUT2D eigenvalue weighted by Gasteiger charge is -2.14. The molecule has 0 aliphatic heterocycles. The van der Waals surface area contributed by atoms with Crippen molar-refractivity contribution in [3.63, 3.8) is 0 Å². The standard InChI is InChI=1S/C13H15N3/c1-9(12-7-2-3-8-16-12)10-5-4-6-11(14)13(10)15/h2-9H,14-15H2,1H3. The predicted molar refractivity (Wildman–Crippen MR) is 67.0 cm³/mol. The van der Waals surface area contributed by atoms with Gasteiger partial charge in [0.2, 0.25) is 0 Å². The second kappa shape index (κ2) is 4.23. The van der Waals surface area contributed by atoms with Crippen molar-refractivity contribution in [3.05, 3.63) is 53.9 Å². The second-order valence-corrected chi connectivity index (χ2v) is 3.83. The Kier molecular flexibility index (Phi) is 2.77. The third-order valence-corrected chi connectivity index (χ3v) is 2.77. The number of hydrogen-bond donors (Lipinski definition) is 2. The Hall–Kier alpha value is -2.03. The molecule has 0 bridgehead atoms. The van der Waals surface area contributed by atoms with Crippen LogP contribution in [0.4, 0.5) is 11.4 Å². The highest BCUT2D eigenvalue weighted by atomic mass is 14.7. The summed E-state index contributed by atoms with van der Waals surface area (Å²) in [6, 6.07) is 11.6. The van der Waals surface area contributed by atoms with Gasteiger partial charge in [0.25, 0.3) is 0 Å². The van der Waals surface area contributed by atoms with E-state index in [1.54, 1.807) is 6.20 Å². The zero-order valence-corrected chi connectivity index (χ0v) is 9.22. The van der Waals surface area contributed by atoms with Crippen molar-refractivity contribution in [3.8, 4) is 0 Å². The monoisotopic (exact) mass is 213 g/mol. The number of anilines is 2. The number of pyridine rings is 1. The van der Waals surface area contributed by atoms with Crippen LogP contribution in [0.25, 0.3) is 0 Å². The third-order valence-electron chi connectivity index (χ3n) is 2.77. The van der Waals surface area contributed by atoms with E-state index in [2.05, 4.69) is 11.9 Å². The summed E-state index contributed by atoms with van der Waals surface area (Å²) in [5, 5.41) is 0. The topological polar surface area (TPSA) is 64.9 Å². The van der Waals surface area contributed by atoms with Gasteiger partial charge in [0, 0.05) is 17.8 Å². The van der Waals surface area contributed by atoms with E-state index in [1.807, 2.05) is 36.4 Å². The van der Waals surface area contributed by atoms with E-state index >= 15 is 0 Å². The molecule has 0 fully saturated rings. The maximum atomic E-state index is 5.97. The van der Waals surface area contributed by atoms with Crippen LogP contribution in [-0.2, 0) is 0 Å². The Morgan fingerprint density at radius 1 is 1.06 bits per heavy atom. The molecule has 0 radical (unpaired) electrons. The quantitative estimate of drug-likeness (QED) is 0.753. The summed E-state index contributed by atoms with van der Waals surface area (Å²) in [5.41, 5.74) is 15.1. The minimum atomic E-state index is 0.157. The van der Waals surface area contributed by atoms with E-state index in [4.69, 9.17) is 11.5 Å². The lowest BCUT2D eigenvalue weighted by molar-refractivity contribution is 0.875. The van der Waals surface area contributed by atoms with Crippen LogP contribution >= 0.6 is 0 Å². The number of nitrogens with two attached hydrogens (primary N) is 2. The lowest BCUT2D eigenvalue weighted by Crippen LogP contribution is -2.05. The molecule has 1 atom stereocenters. The fraction of sp³-hybridized carbons (Fsp3) is 0.154. The average Bonchev–Trinajstić information content (AvgIpc) is 2.33. The predicted octanol–water partition coefficient (Wildman–Crippen LogP) is 2.40. The number of rotatable bonds is 2. The minimum Gasteiger partial charge on any atom is -0.397 e. The molecule has 2 aromatic rings. The van der Waals surface area contributed by atoms with Gasteiger partial charge in [-0.2, -0.15) is 0 Å². The van der Waals surface area contributed by atoms with Crippen molar-refractivity contribution in [2.45, 2.75) is 12.8 Å². The fourth-order valence-corrected chi connectivity index (χ4v) is 1.77. The normalized spacial score (nSPS) is 12.3. The first-order valence-electron chi connectivity index (χ1n) is 5.25. The van der Waals surface area contributed by atoms with Crippen LogP contribution in [0.15, 0.2) is 42.6 Å². The first-order valence-corrected chi connectivity index (χ1v) is 5.25. The van der Waals surface area contributed by atoms with Gasteiger partial charge in [-0.05, 0) is 23.8 Å². The molecule has 1 heterocycles. The van der Waals surface area contributed by atoms with Crippen LogP contribution in [0.1, 0.15) is 24.1 Å². The summed E-state index contributed by atoms with van der Waals surface area (Å²) < 4.78 is 0. The molecule has 82 valence electrons. The fourth-order valence-electron chi connectivity index (χ4n) is 1.77. The van der Waals surface area contributed by atoms with Crippen molar-refractivity contribution in [1.82, 2.24) is 4.98 Å². The molecule has 0 aliphatic carbocycles.